The van der Waals surface area contributed by atoms with E-state index in [1.54, 1.807) is 6.08 Å². The molecule has 1 saturated heterocycles. The van der Waals surface area contributed by atoms with Gasteiger partial charge in [0.2, 0.25) is 5.91 Å². The number of allylic oxidation sites excluding steroid dienone is 1. The predicted octanol–water partition coefficient (Wildman–Crippen LogP) is 2.48. The van der Waals surface area contributed by atoms with E-state index in [4.69, 9.17) is 0 Å². The molecule has 0 spiro atoms. The quantitative estimate of drug-likeness (QED) is 0.509. The highest BCUT2D eigenvalue weighted by molar-refractivity contribution is 8.00. The Morgan fingerprint density at radius 3 is 2.66 bits per heavy atom. The van der Waals surface area contributed by atoms with Crippen molar-refractivity contribution in [1.82, 2.24) is 20.1 Å². The number of benzene rings is 1. The largest absolute Gasteiger partial charge is 0.352 e. The van der Waals surface area contributed by atoms with Gasteiger partial charge in [-0.1, -0.05) is 48.2 Å². The summed E-state index contributed by atoms with van der Waals surface area (Å²) in [4.78, 5) is 12.9. The van der Waals surface area contributed by atoms with Crippen LogP contribution in [-0.2, 0) is 21.2 Å². The molecule has 1 amide bonds. The molecular weight excluding hydrogens is 408 g/mol. The van der Waals surface area contributed by atoms with E-state index in [0.29, 0.717) is 23.9 Å². The molecule has 1 aromatic heterocycles. The molecule has 1 aliphatic carbocycles. The van der Waals surface area contributed by atoms with Gasteiger partial charge in [0.25, 0.3) is 0 Å². The predicted molar refractivity (Wildman–Crippen MR) is 112 cm³/mol. The summed E-state index contributed by atoms with van der Waals surface area (Å²) in [6.07, 6.45) is 4.32. The van der Waals surface area contributed by atoms with Crippen LogP contribution < -0.4 is 5.32 Å². The molecule has 7 nitrogen and oxygen atoms in total. The van der Waals surface area contributed by atoms with Crippen LogP contribution in [0.3, 0.4) is 0 Å². The highest BCUT2D eigenvalue weighted by Crippen LogP contribution is 2.37. The molecule has 9 heteroatoms. The van der Waals surface area contributed by atoms with Gasteiger partial charge in [0.15, 0.2) is 15.0 Å². The minimum absolute atomic E-state index is 0.0400. The molecule has 154 valence electrons. The minimum atomic E-state index is -3.03. The van der Waals surface area contributed by atoms with Crippen LogP contribution in [0.5, 0.6) is 0 Å². The summed E-state index contributed by atoms with van der Waals surface area (Å²) >= 11 is 1.35. The van der Waals surface area contributed by atoms with E-state index in [9.17, 15) is 13.2 Å². The fraction of sp³-hybridized carbons (Fsp3) is 0.450. The van der Waals surface area contributed by atoms with Crippen molar-refractivity contribution in [3.63, 3.8) is 0 Å². The van der Waals surface area contributed by atoms with E-state index in [1.165, 1.54) is 11.8 Å². The Labute approximate surface area is 174 Å². The van der Waals surface area contributed by atoms with E-state index in [0.717, 1.165) is 18.4 Å². The second-order valence-corrected chi connectivity index (χ2v) is 10.8. The van der Waals surface area contributed by atoms with Crippen LogP contribution in [0.15, 0.2) is 48.1 Å². The highest BCUT2D eigenvalue weighted by Gasteiger charge is 2.35. The summed E-state index contributed by atoms with van der Waals surface area (Å²) < 4.78 is 25.7. The Kier molecular flexibility index (Phi) is 5.78. The van der Waals surface area contributed by atoms with Gasteiger partial charge < -0.3 is 9.88 Å². The Bertz CT molecular complexity index is 1000. The number of hydrogen-bond donors (Lipinski definition) is 1. The zero-order valence-corrected chi connectivity index (χ0v) is 17.7. The van der Waals surface area contributed by atoms with Gasteiger partial charge in [-0.05, 0) is 24.8 Å². The molecule has 2 atom stereocenters. The standard InChI is InChI=1S/C20H24N4O3S2/c1-2-11-24-18(15-10-12-29(26,27)13-15)22-23-20(24)28-17(14-6-4-3-5-7-14)19(25)21-16-8-9-16/h2-7,15-17H,1,8-13H2,(H,21,25). The third-order valence-electron chi connectivity index (χ3n) is 5.14. The maximum atomic E-state index is 12.9. The van der Waals surface area contributed by atoms with Gasteiger partial charge in [0.05, 0.1) is 11.5 Å². The average Bonchev–Trinajstić information content (AvgIpc) is 3.32. The summed E-state index contributed by atoms with van der Waals surface area (Å²) in [6.45, 7) is 4.28. The van der Waals surface area contributed by atoms with E-state index < -0.39 is 15.1 Å². The van der Waals surface area contributed by atoms with Crippen molar-refractivity contribution >= 4 is 27.5 Å². The summed E-state index contributed by atoms with van der Waals surface area (Å²) in [7, 11) is -3.03. The number of hydrogen-bond acceptors (Lipinski definition) is 6. The van der Waals surface area contributed by atoms with Crippen molar-refractivity contribution in [3.8, 4) is 0 Å². The Morgan fingerprint density at radius 2 is 2.03 bits per heavy atom. The van der Waals surface area contributed by atoms with Crippen LogP contribution in [0.25, 0.3) is 0 Å². The number of aromatic nitrogens is 3. The molecule has 1 N–H and O–H groups in total. The zero-order chi connectivity index (χ0) is 20.4. The fourth-order valence-corrected chi connectivity index (χ4v) is 6.30. The maximum Gasteiger partial charge on any atom is 0.238 e. The topological polar surface area (TPSA) is 93.9 Å². The fourth-order valence-electron chi connectivity index (χ4n) is 3.50. The van der Waals surface area contributed by atoms with Crippen LogP contribution in [0.1, 0.15) is 41.8 Å². The molecule has 1 aromatic carbocycles. The van der Waals surface area contributed by atoms with Gasteiger partial charge in [-0.25, -0.2) is 8.42 Å². The second kappa shape index (κ2) is 8.31. The van der Waals surface area contributed by atoms with Gasteiger partial charge in [0.1, 0.15) is 11.1 Å². The van der Waals surface area contributed by atoms with Crippen molar-refractivity contribution in [2.24, 2.45) is 0 Å². The molecule has 2 aromatic rings. The summed E-state index contributed by atoms with van der Waals surface area (Å²) in [5.41, 5.74) is 0.897. The summed E-state index contributed by atoms with van der Waals surface area (Å²) in [5, 5.41) is 11.9. The SMILES string of the molecule is C=CCn1c(SC(C(=O)NC2CC2)c2ccccc2)nnc1C1CCS(=O)(=O)C1. The van der Waals surface area contributed by atoms with E-state index in [-0.39, 0.29) is 29.4 Å². The lowest BCUT2D eigenvalue weighted by Crippen LogP contribution is -2.30. The Morgan fingerprint density at radius 1 is 1.28 bits per heavy atom. The first-order valence-corrected chi connectivity index (χ1v) is 12.4. The second-order valence-electron chi connectivity index (χ2n) is 7.53. The highest BCUT2D eigenvalue weighted by atomic mass is 32.2. The first-order chi connectivity index (χ1) is 14.0. The molecule has 29 heavy (non-hydrogen) atoms. The number of amides is 1. The van der Waals surface area contributed by atoms with Gasteiger partial charge in [-0.3, -0.25) is 4.79 Å². The lowest BCUT2D eigenvalue weighted by Gasteiger charge is -2.17. The van der Waals surface area contributed by atoms with Crippen molar-refractivity contribution in [3.05, 3.63) is 54.4 Å². The molecule has 1 saturated carbocycles. The van der Waals surface area contributed by atoms with Gasteiger partial charge >= 0.3 is 0 Å². The monoisotopic (exact) mass is 432 g/mol. The van der Waals surface area contributed by atoms with Crippen molar-refractivity contribution in [2.75, 3.05) is 11.5 Å². The first-order valence-electron chi connectivity index (χ1n) is 9.73. The molecule has 2 unspecified atom stereocenters. The molecule has 4 rings (SSSR count). The van der Waals surface area contributed by atoms with Crippen molar-refractivity contribution in [1.29, 1.82) is 0 Å². The summed E-state index contributed by atoms with van der Waals surface area (Å²) in [6, 6.07) is 9.88. The molecule has 0 radical (unpaired) electrons. The Hall–Kier alpha value is -2.13. The van der Waals surface area contributed by atoms with Crippen molar-refractivity contribution in [2.45, 2.75) is 48.2 Å². The first kappa shape index (κ1) is 20.2. The smallest absolute Gasteiger partial charge is 0.238 e. The lowest BCUT2D eigenvalue weighted by atomic mass is 10.1. The number of carbonyl (C=O) groups is 1. The molecular formula is C20H24N4O3S2. The van der Waals surface area contributed by atoms with E-state index >= 15 is 0 Å². The third-order valence-corrected chi connectivity index (χ3v) is 8.14. The van der Waals surface area contributed by atoms with Crippen LogP contribution >= 0.6 is 11.8 Å². The van der Waals surface area contributed by atoms with Gasteiger partial charge in [-0.15, -0.1) is 16.8 Å². The molecule has 2 heterocycles. The molecule has 1 aliphatic heterocycles. The number of nitrogens with zero attached hydrogens (tertiary/aromatic N) is 3. The lowest BCUT2D eigenvalue weighted by molar-refractivity contribution is -0.120. The Balaban J connectivity index is 1.63. The van der Waals surface area contributed by atoms with Crippen LogP contribution in [0.2, 0.25) is 0 Å². The molecule has 0 bridgehead atoms. The third kappa shape index (κ3) is 4.72. The van der Waals surface area contributed by atoms with Crippen molar-refractivity contribution < 1.29 is 13.2 Å². The van der Waals surface area contributed by atoms with Crippen LogP contribution in [0, 0.1) is 0 Å². The number of nitrogens with one attached hydrogen (secondary N) is 1. The van der Waals surface area contributed by atoms with Gasteiger partial charge in [0, 0.05) is 18.5 Å². The number of rotatable bonds is 8. The number of carbonyl (C=O) groups excluding carboxylic acids is 1. The number of sulfone groups is 1. The summed E-state index contributed by atoms with van der Waals surface area (Å²) in [5.74, 6) is 0.719. The normalized spacial score (nSPS) is 21.6. The molecule has 2 fully saturated rings. The van der Waals surface area contributed by atoms with E-state index in [1.807, 2.05) is 34.9 Å². The minimum Gasteiger partial charge on any atom is -0.352 e. The zero-order valence-electron chi connectivity index (χ0n) is 16.0. The maximum absolute atomic E-state index is 12.9. The number of thioether (sulfide) groups is 1. The van der Waals surface area contributed by atoms with E-state index in [2.05, 4.69) is 22.1 Å². The average molecular weight is 433 g/mol. The molecule has 2 aliphatic rings. The van der Waals surface area contributed by atoms with Crippen LogP contribution in [0.4, 0.5) is 0 Å². The van der Waals surface area contributed by atoms with Gasteiger partial charge in [-0.2, -0.15) is 0 Å². The van der Waals surface area contributed by atoms with Crippen LogP contribution in [-0.4, -0.2) is 46.6 Å².